The highest BCUT2D eigenvalue weighted by Gasteiger charge is 2.21. The molecular formula is C14H8ClF4NO. The fraction of sp³-hybridized carbons (Fsp3) is 0.0714. The summed E-state index contributed by atoms with van der Waals surface area (Å²) in [4.78, 5) is 11.8. The van der Waals surface area contributed by atoms with E-state index in [2.05, 4.69) is 0 Å². The molecule has 110 valence electrons. The number of halogens is 5. The molecule has 0 atom stereocenters. The Balaban J connectivity index is 2.31. The van der Waals surface area contributed by atoms with Crippen LogP contribution in [0.15, 0.2) is 30.3 Å². The van der Waals surface area contributed by atoms with Gasteiger partial charge in [0.25, 0.3) is 5.91 Å². The number of anilines is 1. The smallest absolute Gasteiger partial charge is 0.255 e. The largest absolute Gasteiger partial charge is 0.317 e. The summed E-state index contributed by atoms with van der Waals surface area (Å²) in [5, 5.41) is 1.81. The average Bonchev–Trinajstić information content (AvgIpc) is 2.49. The van der Waals surface area contributed by atoms with Crippen molar-refractivity contribution in [1.82, 2.24) is 0 Å². The third-order valence-corrected chi connectivity index (χ3v) is 3.03. The van der Waals surface area contributed by atoms with Crippen molar-refractivity contribution in [2.24, 2.45) is 0 Å². The van der Waals surface area contributed by atoms with Gasteiger partial charge in [0, 0.05) is 17.5 Å². The Labute approximate surface area is 122 Å². The summed E-state index contributed by atoms with van der Waals surface area (Å²) in [6, 6.07) is 5.90. The number of rotatable bonds is 3. The van der Waals surface area contributed by atoms with Gasteiger partial charge in [-0.1, -0.05) is 12.1 Å². The van der Waals surface area contributed by atoms with Crippen LogP contribution in [0, 0.1) is 23.3 Å². The van der Waals surface area contributed by atoms with E-state index in [0.29, 0.717) is 0 Å². The van der Waals surface area contributed by atoms with Crippen molar-refractivity contribution in [2.45, 2.75) is 5.88 Å². The van der Waals surface area contributed by atoms with Crippen LogP contribution in [0.4, 0.5) is 23.2 Å². The average molecular weight is 318 g/mol. The van der Waals surface area contributed by atoms with Crippen LogP contribution < -0.4 is 5.32 Å². The number of carbonyl (C=O) groups excluding carboxylic acids is 1. The molecule has 0 aliphatic heterocycles. The lowest BCUT2D eigenvalue weighted by Gasteiger charge is -2.09. The van der Waals surface area contributed by atoms with Gasteiger partial charge in [-0.15, -0.1) is 11.6 Å². The Morgan fingerprint density at radius 2 is 1.52 bits per heavy atom. The van der Waals surface area contributed by atoms with Crippen molar-refractivity contribution in [3.05, 3.63) is 64.7 Å². The maximum absolute atomic E-state index is 13.4. The summed E-state index contributed by atoms with van der Waals surface area (Å²) < 4.78 is 52.9. The molecule has 0 unspecified atom stereocenters. The zero-order chi connectivity index (χ0) is 15.6. The van der Waals surface area contributed by atoms with Crippen LogP contribution in [0.2, 0.25) is 0 Å². The number of hydrogen-bond acceptors (Lipinski definition) is 1. The Hall–Kier alpha value is -2.08. The Morgan fingerprint density at radius 3 is 2.00 bits per heavy atom. The highest BCUT2D eigenvalue weighted by atomic mass is 35.5. The maximum Gasteiger partial charge on any atom is 0.255 e. The van der Waals surface area contributed by atoms with E-state index in [-0.39, 0.29) is 17.5 Å². The zero-order valence-corrected chi connectivity index (χ0v) is 11.1. The molecule has 0 bridgehead atoms. The topological polar surface area (TPSA) is 29.1 Å². The SMILES string of the molecule is O=C(Nc1c(F)c(F)cc(F)c1F)c1ccc(CCl)cc1. The summed E-state index contributed by atoms with van der Waals surface area (Å²) in [6.07, 6.45) is 0. The molecule has 7 heteroatoms. The molecule has 0 aliphatic rings. The maximum atomic E-state index is 13.4. The summed E-state index contributed by atoms with van der Waals surface area (Å²) >= 11 is 5.58. The normalized spacial score (nSPS) is 10.5. The van der Waals surface area contributed by atoms with Crippen LogP contribution in [0.25, 0.3) is 0 Å². The molecule has 21 heavy (non-hydrogen) atoms. The Kier molecular flexibility index (Phi) is 4.47. The van der Waals surface area contributed by atoms with E-state index >= 15 is 0 Å². The van der Waals surface area contributed by atoms with E-state index in [1.165, 1.54) is 12.1 Å². The second kappa shape index (κ2) is 6.13. The van der Waals surface area contributed by atoms with Crippen LogP contribution in [-0.2, 0) is 5.88 Å². The number of benzene rings is 2. The second-order valence-corrected chi connectivity index (χ2v) is 4.40. The van der Waals surface area contributed by atoms with Crippen molar-refractivity contribution in [1.29, 1.82) is 0 Å². The van der Waals surface area contributed by atoms with E-state index in [9.17, 15) is 22.4 Å². The van der Waals surface area contributed by atoms with Gasteiger partial charge in [0.1, 0.15) is 5.69 Å². The molecule has 1 N–H and O–H groups in total. The van der Waals surface area contributed by atoms with Crippen LogP contribution in [0.3, 0.4) is 0 Å². The lowest BCUT2D eigenvalue weighted by molar-refractivity contribution is 0.102. The van der Waals surface area contributed by atoms with Gasteiger partial charge >= 0.3 is 0 Å². The van der Waals surface area contributed by atoms with Gasteiger partial charge in [-0.3, -0.25) is 4.79 Å². The monoisotopic (exact) mass is 317 g/mol. The first-order valence-corrected chi connectivity index (χ1v) is 6.26. The Morgan fingerprint density at radius 1 is 1.00 bits per heavy atom. The predicted octanol–water partition coefficient (Wildman–Crippen LogP) is 4.23. The van der Waals surface area contributed by atoms with Crippen LogP contribution in [-0.4, -0.2) is 5.91 Å². The summed E-state index contributed by atoms with van der Waals surface area (Å²) in [5.41, 5.74) is -0.367. The molecule has 0 saturated carbocycles. The second-order valence-electron chi connectivity index (χ2n) is 4.13. The lowest BCUT2D eigenvalue weighted by Crippen LogP contribution is -2.15. The van der Waals surface area contributed by atoms with E-state index in [1.807, 2.05) is 5.32 Å². The first-order valence-electron chi connectivity index (χ1n) is 5.73. The molecule has 0 aromatic heterocycles. The first-order chi connectivity index (χ1) is 9.93. The summed E-state index contributed by atoms with van der Waals surface area (Å²) in [6.45, 7) is 0. The number of alkyl halides is 1. The van der Waals surface area contributed by atoms with E-state index in [4.69, 9.17) is 11.6 Å². The van der Waals surface area contributed by atoms with Gasteiger partial charge < -0.3 is 5.32 Å². The molecule has 2 rings (SSSR count). The predicted molar refractivity (Wildman–Crippen MR) is 70.2 cm³/mol. The van der Waals surface area contributed by atoms with Crippen LogP contribution >= 0.6 is 11.6 Å². The quantitative estimate of drug-likeness (QED) is 0.512. The molecule has 0 spiro atoms. The van der Waals surface area contributed by atoms with Gasteiger partial charge in [-0.25, -0.2) is 17.6 Å². The highest BCUT2D eigenvalue weighted by Crippen LogP contribution is 2.24. The number of nitrogens with one attached hydrogen (secondary N) is 1. The van der Waals surface area contributed by atoms with Crippen LogP contribution in [0.5, 0.6) is 0 Å². The van der Waals surface area contributed by atoms with Gasteiger partial charge in [-0.05, 0) is 17.7 Å². The molecule has 1 amide bonds. The first kappa shape index (κ1) is 15.3. The molecule has 0 heterocycles. The highest BCUT2D eigenvalue weighted by molar-refractivity contribution is 6.17. The molecule has 0 fully saturated rings. The zero-order valence-electron chi connectivity index (χ0n) is 10.4. The minimum absolute atomic E-state index is 0.0623. The van der Waals surface area contributed by atoms with Crippen molar-refractivity contribution in [3.8, 4) is 0 Å². The molecule has 0 saturated heterocycles. The van der Waals surface area contributed by atoms with Crippen molar-refractivity contribution in [2.75, 3.05) is 5.32 Å². The van der Waals surface area contributed by atoms with Gasteiger partial charge in [0.15, 0.2) is 23.3 Å². The Bertz CT molecular complexity index is 662. The van der Waals surface area contributed by atoms with Gasteiger partial charge in [0.05, 0.1) is 0 Å². The van der Waals surface area contributed by atoms with Gasteiger partial charge in [-0.2, -0.15) is 0 Å². The fourth-order valence-corrected chi connectivity index (χ4v) is 1.79. The molecule has 2 aromatic carbocycles. The number of carbonyl (C=O) groups is 1. The molecule has 0 aliphatic carbocycles. The van der Waals surface area contributed by atoms with Crippen molar-refractivity contribution < 1.29 is 22.4 Å². The van der Waals surface area contributed by atoms with E-state index in [1.54, 1.807) is 12.1 Å². The molecule has 2 aromatic rings. The van der Waals surface area contributed by atoms with Gasteiger partial charge in [0.2, 0.25) is 0 Å². The molecule has 2 nitrogen and oxygen atoms in total. The standard InChI is InChI=1S/C14H8ClF4NO/c15-6-7-1-3-8(4-2-7)14(21)20-13-11(18)9(16)5-10(17)12(13)19/h1-5H,6H2,(H,20,21). The van der Waals surface area contributed by atoms with E-state index in [0.717, 1.165) is 5.56 Å². The molecular weight excluding hydrogens is 310 g/mol. The number of hydrogen-bond donors (Lipinski definition) is 1. The number of amides is 1. The molecule has 0 radical (unpaired) electrons. The minimum Gasteiger partial charge on any atom is -0.317 e. The van der Waals surface area contributed by atoms with E-state index < -0.39 is 34.9 Å². The summed E-state index contributed by atoms with van der Waals surface area (Å²) in [7, 11) is 0. The van der Waals surface area contributed by atoms with Crippen molar-refractivity contribution in [3.63, 3.8) is 0 Å². The van der Waals surface area contributed by atoms with Crippen LogP contribution in [0.1, 0.15) is 15.9 Å². The third kappa shape index (κ3) is 3.16. The lowest BCUT2D eigenvalue weighted by atomic mass is 10.1. The third-order valence-electron chi connectivity index (χ3n) is 2.72. The summed E-state index contributed by atoms with van der Waals surface area (Å²) in [5.74, 6) is -7.19. The van der Waals surface area contributed by atoms with Crippen molar-refractivity contribution >= 4 is 23.2 Å². The fourth-order valence-electron chi connectivity index (χ4n) is 1.61. The minimum atomic E-state index is -1.67.